The molecule has 1 rings (SSSR count). The number of Topliss-reactive ketones (excluding diaryl/α,β-unsaturated/α-hetero) is 1. The van der Waals surface area contributed by atoms with Crippen LogP contribution in [0.1, 0.15) is 64.5 Å². The van der Waals surface area contributed by atoms with E-state index in [0.717, 1.165) is 24.8 Å². The van der Waals surface area contributed by atoms with Crippen molar-refractivity contribution in [2.45, 2.75) is 71.0 Å². The topological polar surface area (TPSA) is 98.2 Å². The summed E-state index contributed by atoms with van der Waals surface area (Å²) in [6.45, 7) is 5.56. The van der Waals surface area contributed by atoms with Crippen molar-refractivity contribution in [2.24, 2.45) is 17.4 Å². The molecule has 1 aromatic carbocycles. The van der Waals surface area contributed by atoms with Crippen LogP contribution in [0.5, 0.6) is 0 Å². The Labute approximate surface area is 151 Å². The van der Waals surface area contributed by atoms with Gasteiger partial charge in [-0.3, -0.25) is 9.59 Å². The molecule has 1 aromatic rings. The van der Waals surface area contributed by atoms with Crippen LogP contribution in [-0.4, -0.2) is 23.8 Å². The normalized spacial score (nSPS) is 15.9. The van der Waals surface area contributed by atoms with Crippen molar-refractivity contribution in [3.8, 4) is 0 Å². The van der Waals surface area contributed by atoms with Gasteiger partial charge in [-0.15, -0.1) is 0 Å². The minimum Gasteiger partial charge on any atom is -0.349 e. The van der Waals surface area contributed by atoms with Crippen LogP contribution in [-0.2, 0) is 9.59 Å². The average Bonchev–Trinajstić information content (AvgIpc) is 2.58. The third-order valence-electron chi connectivity index (χ3n) is 4.53. The summed E-state index contributed by atoms with van der Waals surface area (Å²) in [6.07, 6.45) is 3.71. The fraction of sp³-hybridized carbons (Fsp3) is 0.600. The first-order valence-corrected chi connectivity index (χ1v) is 9.21. The maximum Gasteiger partial charge on any atom is 0.217 e. The summed E-state index contributed by atoms with van der Waals surface area (Å²) in [5, 5.41) is 2.96. The third kappa shape index (κ3) is 7.80. The van der Waals surface area contributed by atoms with Crippen LogP contribution >= 0.6 is 0 Å². The Bertz CT molecular complexity index is 533. The zero-order chi connectivity index (χ0) is 18.8. The van der Waals surface area contributed by atoms with Gasteiger partial charge < -0.3 is 16.8 Å². The van der Waals surface area contributed by atoms with Gasteiger partial charge in [-0.2, -0.15) is 0 Å². The maximum absolute atomic E-state index is 12.5. The molecule has 25 heavy (non-hydrogen) atoms. The van der Waals surface area contributed by atoms with Crippen LogP contribution < -0.4 is 16.8 Å². The van der Waals surface area contributed by atoms with E-state index in [0.29, 0.717) is 12.8 Å². The van der Waals surface area contributed by atoms with Crippen molar-refractivity contribution < 1.29 is 9.59 Å². The Balaban J connectivity index is 2.64. The van der Waals surface area contributed by atoms with Gasteiger partial charge in [0.1, 0.15) is 5.78 Å². The molecule has 0 radical (unpaired) electrons. The van der Waals surface area contributed by atoms with Crippen molar-refractivity contribution in [2.75, 3.05) is 0 Å². The summed E-state index contributed by atoms with van der Waals surface area (Å²) in [5.41, 5.74) is 13.1. The highest BCUT2D eigenvalue weighted by Crippen LogP contribution is 2.25. The molecule has 0 spiro atoms. The summed E-state index contributed by atoms with van der Waals surface area (Å²) in [4.78, 5) is 24.0. The number of benzene rings is 1. The first-order chi connectivity index (χ1) is 11.8. The predicted molar refractivity (Wildman–Crippen MR) is 102 cm³/mol. The molecule has 4 atom stereocenters. The average molecular weight is 348 g/mol. The fourth-order valence-corrected chi connectivity index (χ4v) is 3.09. The molecule has 0 saturated carbocycles. The molecule has 4 unspecified atom stereocenters. The number of carbonyl (C=O) groups is 2. The molecule has 1 amide bonds. The van der Waals surface area contributed by atoms with E-state index in [1.54, 1.807) is 0 Å². The van der Waals surface area contributed by atoms with Gasteiger partial charge in [0.05, 0.1) is 12.1 Å². The zero-order valence-electron chi connectivity index (χ0n) is 15.7. The van der Waals surface area contributed by atoms with Gasteiger partial charge in [0.15, 0.2) is 0 Å². The molecule has 0 aliphatic heterocycles. The van der Waals surface area contributed by atoms with Crippen molar-refractivity contribution in [1.82, 2.24) is 5.32 Å². The van der Waals surface area contributed by atoms with Crippen molar-refractivity contribution >= 4 is 11.7 Å². The van der Waals surface area contributed by atoms with E-state index in [1.165, 1.54) is 6.92 Å². The highest BCUT2D eigenvalue weighted by molar-refractivity contribution is 5.84. The van der Waals surface area contributed by atoms with Gasteiger partial charge in [0.2, 0.25) is 5.91 Å². The smallest absolute Gasteiger partial charge is 0.217 e. The molecule has 5 nitrogen and oxygen atoms in total. The SMILES string of the molecule is CCCC(N)CCC(N)C(=O)CC(C)C(NC(C)=O)c1ccccc1. The minimum absolute atomic E-state index is 0.0301. The van der Waals surface area contributed by atoms with Crippen LogP contribution in [0.2, 0.25) is 0 Å². The zero-order valence-corrected chi connectivity index (χ0v) is 15.7. The summed E-state index contributed by atoms with van der Waals surface area (Å²) in [7, 11) is 0. The van der Waals surface area contributed by atoms with Crippen LogP contribution in [0.15, 0.2) is 30.3 Å². The Morgan fingerprint density at radius 1 is 1.08 bits per heavy atom. The van der Waals surface area contributed by atoms with Gasteiger partial charge in [-0.1, -0.05) is 50.6 Å². The molecule has 0 fully saturated rings. The van der Waals surface area contributed by atoms with Crippen LogP contribution in [0.4, 0.5) is 0 Å². The first kappa shape index (κ1) is 21.3. The second-order valence-electron chi connectivity index (χ2n) is 6.97. The molecule has 0 saturated heterocycles. The third-order valence-corrected chi connectivity index (χ3v) is 4.53. The minimum atomic E-state index is -0.487. The van der Waals surface area contributed by atoms with E-state index < -0.39 is 6.04 Å². The molecular weight excluding hydrogens is 314 g/mol. The van der Waals surface area contributed by atoms with E-state index in [-0.39, 0.29) is 29.7 Å². The van der Waals surface area contributed by atoms with Crippen molar-refractivity contribution in [3.63, 3.8) is 0 Å². The van der Waals surface area contributed by atoms with Crippen LogP contribution in [0.3, 0.4) is 0 Å². The van der Waals surface area contributed by atoms with E-state index in [1.807, 2.05) is 37.3 Å². The van der Waals surface area contributed by atoms with Gasteiger partial charge in [0.25, 0.3) is 0 Å². The van der Waals surface area contributed by atoms with Gasteiger partial charge in [-0.05, 0) is 30.7 Å². The quantitative estimate of drug-likeness (QED) is 0.573. The van der Waals surface area contributed by atoms with E-state index in [4.69, 9.17) is 11.5 Å². The summed E-state index contributed by atoms with van der Waals surface area (Å²) >= 11 is 0. The molecule has 0 bridgehead atoms. The number of ketones is 1. The number of nitrogens with one attached hydrogen (secondary N) is 1. The molecule has 140 valence electrons. The summed E-state index contributed by atoms with van der Waals surface area (Å²) < 4.78 is 0. The first-order valence-electron chi connectivity index (χ1n) is 9.21. The number of carbonyl (C=O) groups excluding carboxylic acids is 2. The molecule has 0 aliphatic rings. The fourth-order valence-electron chi connectivity index (χ4n) is 3.09. The lowest BCUT2D eigenvalue weighted by Crippen LogP contribution is -2.37. The lowest BCUT2D eigenvalue weighted by Gasteiger charge is -2.26. The van der Waals surface area contributed by atoms with Gasteiger partial charge in [-0.25, -0.2) is 0 Å². The summed E-state index contributed by atoms with van der Waals surface area (Å²) in [5.74, 6) is -0.111. The molecule has 0 aromatic heterocycles. The Hall–Kier alpha value is -1.72. The number of nitrogens with two attached hydrogens (primary N) is 2. The molecule has 0 heterocycles. The lowest BCUT2D eigenvalue weighted by atomic mass is 9.88. The Morgan fingerprint density at radius 2 is 1.72 bits per heavy atom. The number of hydrogen-bond acceptors (Lipinski definition) is 4. The van der Waals surface area contributed by atoms with Crippen molar-refractivity contribution in [1.29, 1.82) is 0 Å². The summed E-state index contributed by atoms with van der Waals surface area (Å²) in [6, 6.07) is 9.14. The highest BCUT2D eigenvalue weighted by atomic mass is 16.1. The van der Waals surface area contributed by atoms with Gasteiger partial charge >= 0.3 is 0 Å². The molecule has 5 heteroatoms. The molecule has 5 N–H and O–H groups in total. The molecule has 0 aliphatic carbocycles. The lowest BCUT2D eigenvalue weighted by molar-refractivity contribution is -0.123. The van der Waals surface area contributed by atoms with Crippen molar-refractivity contribution in [3.05, 3.63) is 35.9 Å². The standard InChI is InChI=1S/C20H33N3O2/c1-4-8-17(21)11-12-18(22)19(25)13-14(2)20(23-15(3)24)16-9-6-5-7-10-16/h5-7,9-10,14,17-18,20H,4,8,11-13,21-22H2,1-3H3,(H,23,24). The Morgan fingerprint density at radius 3 is 2.28 bits per heavy atom. The number of rotatable bonds is 11. The van der Waals surface area contributed by atoms with E-state index >= 15 is 0 Å². The maximum atomic E-state index is 12.5. The Kier molecular flexibility index (Phi) is 9.39. The number of amides is 1. The van der Waals surface area contributed by atoms with E-state index in [2.05, 4.69) is 12.2 Å². The molecular formula is C20H33N3O2. The predicted octanol–water partition coefficient (Wildman–Crippen LogP) is 2.69. The monoisotopic (exact) mass is 347 g/mol. The largest absolute Gasteiger partial charge is 0.349 e. The van der Waals surface area contributed by atoms with E-state index in [9.17, 15) is 9.59 Å². The van der Waals surface area contributed by atoms with Gasteiger partial charge in [0, 0.05) is 19.4 Å². The second-order valence-corrected chi connectivity index (χ2v) is 6.97. The highest BCUT2D eigenvalue weighted by Gasteiger charge is 2.25. The number of hydrogen-bond donors (Lipinski definition) is 3. The van der Waals surface area contributed by atoms with Crippen LogP contribution in [0.25, 0.3) is 0 Å². The second kappa shape index (κ2) is 11.0. The van der Waals surface area contributed by atoms with Crippen LogP contribution in [0, 0.1) is 5.92 Å².